The fourth-order valence-electron chi connectivity index (χ4n) is 2.12. The van der Waals surface area contributed by atoms with Crippen LogP contribution in [0.3, 0.4) is 0 Å². The van der Waals surface area contributed by atoms with Crippen molar-refractivity contribution in [3.63, 3.8) is 0 Å². The van der Waals surface area contributed by atoms with Crippen molar-refractivity contribution in [2.75, 3.05) is 18.4 Å². The van der Waals surface area contributed by atoms with Gasteiger partial charge in [-0.1, -0.05) is 23.2 Å². The third-order valence-corrected chi connectivity index (χ3v) is 4.00. The van der Waals surface area contributed by atoms with Gasteiger partial charge in [-0.2, -0.15) is 0 Å². The van der Waals surface area contributed by atoms with Gasteiger partial charge in [0.2, 0.25) is 11.8 Å². The molecule has 1 aliphatic rings. The molecule has 1 aliphatic heterocycles. The van der Waals surface area contributed by atoms with Gasteiger partial charge < -0.3 is 16.0 Å². The first kappa shape index (κ1) is 16.8. The lowest BCUT2D eigenvalue weighted by atomic mass is 10.1. The molecule has 0 spiro atoms. The number of hydrogen-bond donors (Lipinski definition) is 3. The van der Waals surface area contributed by atoms with Gasteiger partial charge in [0, 0.05) is 23.9 Å². The number of hydrogen-bond acceptors (Lipinski definition) is 3. The molecule has 1 aromatic rings. The Morgan fingerprint density at radius 1 is 1.09 bits per heavy atom. The van der Waals surface area contributed by atoms with Crippen molar-refractivity contribution in [3.05, 3.63) is 40.4 Å². The molecule has 0 bridgehead atoms. The smallest absolute Gasteiger partial charge is 0.248 e. The molecular weight excluding hydrogens is 325 g/mol. The zero-order chi connectivity index (χ0) is 15.9. The van der Waals surface area contributed by atoms with Gasteiger partial charge in [-0.3, -0.25) is 9.59 Å². The van der Waals surface area contributed by atoms with Gasteiger partial charge in [0.25, 0.3) is 0 Å². The molecule has 1 saturated heterocycles. The normalized spacial score (nSPS) is 15.7. The molecule has 0 atom stereocenters. The van der Waals surface area contributed by atoms with Crippen LogP contribution in [0, 0.1) is 0 Å². The Labute approximate surface area is 139 Å². The fourth-order valence-corrected chi connectivity index (χ4v) is 2.42. The van der Waals surface area contributed by atoms with E-state index in [-0.39, 0.29) is 11.9 Å². The molecule has 118 valence electrons. The zero-order valence-corrected chi connectivity index (χ0v) is 13.4. The van der Waals surface area contributed by atoms with Gasteiger partial charge in [-0.15, -0.1) is 0 Å². The van der Waals surface area contributed by atoms with Gasteiger partial charge in [-0.05, 0) is 44.1 Å². The van der Waals surface area contributed by atoms with Gasteiger partial charge in [0.05, 0.1) is 10.0 Å². The highest BCUT2D eigenvalue weighted by atomic mass is 35.5. The van der Waals surface area contributed by atoms with Gasteiger partial charge in [0.15, 0.2) is 0 Å². The van der Waals surface area contributed by atoms with Crippen molar-refractivity contribution in [1.82, 2.24) is 10.6 Å². The van der Waals surface area contributed by atoms with Crippen molar-refractivity contribution in [2.45, 2.75) is 18.9 Å². The molecule has 0 unspecified atom stereocenters. The summed E-state index contributed by atoms with van der Waals surface area (Å²) in [5.74, 6) is -0.671. The van der Waals surface area contributed by atoms with Crippen molar-refractivity contribution in [1.29, 1.82) is 0 Å². The quantitative estimate of drug-likeness (QED) is 0.736. The molecule has 1 fully saturated rings. The van der Waals surface area contributed by atoms with Crippen molar-refractivity contribution in [2.24, 2.45) is 0 Å². The van der Waals surface area contributed by atoms with E-state index in [1.54, 1.807) is 18.2 Å². The fraction of sp³-hybridized carbons (Fsp3) is 0.333. The molecule has 22 heavy (non-hydrogen) atoms. The number of halogens is 2. The van der Waals surface area contributed by atoms with Crippen molar-refractivity contribution in [3.8, 4) is 0 Å². The van der Waals surface area contributed by atoms with Crippen LogP contribution in [0.4, 0.5) is 5.69 Å². The van der Waals surface area contributed by atoms with E-state index in [2.05, 4.69) is 16.0 Å². The molecule has 0 saturated carbocycles. The summed E-state index contributed by atoms with van der Waals surface area (Å²) >= 11 is 11.7. The third-order valence-electron chi connectivity index (χ3n) is 3.26. The van der Waals surface area contributed by atoms with Crippen LogP contribution in [0.2, 0.25) is 10.0 Å². The minimum atomic E-state index is -0.404. The Morgan fingerprint density at radius 2 is 1.77 bits per heavy atom. The second kappa shape index (κ2) is 8.17. The molecule has 0 radical (unpaired) electrons. The maximum atomic E-state index is 11.7. The van der Waals surface area contributed by atoms with E-state index in [9.17, 15) is 9.59 Å². The second-order valence-electron chi connectivity index (χ2n) is 4.98. The number of anilines is 1. The van der Waals surface area contributed by atoms with E-state index in [0.717, 1.165) is 25.9 Å². The Hall–Kier alpha value is -1.56. The molecule has 2 rings (SSSR count). The van der Waals surface area contributed by atoms with E-state index >= 15 is 0 Å². The maximum Gasteiger partial charge on any atom is 0.248 e. The Bertz CT molecular complexity index is 584. The number of carbonyl (C=O) groups is 2. The lowest BCUT2D eigenvalue weighted by Gasteiger charge is -2.22. The third kappa shape index (κ3) is 5.33. The minimum absolute atomic E-state index is 0.163. The second-order valence-corrected chi connectivity index (χ2v) is 5.80. The van der Waals surface area contributed by atoms with Crippen LogP contribution in [0.15, 0.2) is 30.4 Å². The van der Waals surface area contributed by atoms with Crippen LogP contribution in [0.5, 0.6) is 0 Å². The number of amides is 2. The first-order valence-corrected chi connectivity index (χ1v) is 7.75. The Balaban J connectivity index is 1.82. The van der Waals surface area contributed by atoms with Gasteiger partial charge in [0.1, 0.15) is 0 Å². The topological polar surface area (TPSA) is 70.2 Å². The van der Waals surface area contributed by atoms with Gasteiger partial charge in [-0.25, -0.2) is 0 Å². The molecular formula is C15H17Cl2N3O2. The predicted octanol–water partition coefficient (Wildman–Crippen LogP) is 2.36. The maximum absolute atomic E-state index is 11.7. The summed E-state index contributed by atoms with van der Waals surface area (Å²) in [5, 5.41) is 9.47. The molecule has 2 amide bonds. The molecule has 7 heteroatoms. The standard InChI is InChI=1S/C15H17Cl2N3O2/c16-12-2-1-11(9-13(12)17)20-15(22)4-3-14(21)19-10-5-7-18-8-6-10/h1-4,9-10,18H,5-8H2,(H,19,21)(H,20,22)/b4-3-. The van der Waals surface area contributed by atoms with E-state index in [1.807, 2.05) is 0 Å². The van der Waals surface area contributed by atoms with Crippen molar-refractivity contribution >= 4 is 40.7 Å². The first-order valence-electron chi connectivity index (χ1n) is 7.00. The van der Waals surface area contributed by atoms with Crippen LogP contribution in [0.25, 0.3) is 0 Å². The highest BCUT2D eigenvalue weighted by molar-refractivity contribution is 6.42. The molecule has 5 nitrogen and oxygen atoms in total. The Kier molecular flexibility index (Phi) is 6.24. The summed E-state index contributed by atoms with van der Waals surface area (Å²) in [6.07, 6.45) is 4.22. The van der Waals surface area contributed by atoms with Gasteiger partial charge >= 0.3 is 0 Å². The molecule has 1 aromatic carbocycles. The molecule has 3 N–H and O–H groups in total. The summed E-state index contributed by atoms with van der Waals surface area (Å²) in [5.41, 5.74) is 0.516. The number of rotatable bonds is 4. The van der Waals surface area contributed by atoms with Crippen LogP contribution >= 0.6 is 23.2 Å². The summed E-state index contributed by atoms with van der Waals surface area (Å²) in [7, 11) is 0. The summed E-state index contributed by atoms with van der Waals surface area (Å²) in [4.78, 5) is 23.5. The number of carbonyl (C=O) groups excluding carboxylic acids is 2. The largest absolute Gasteiger partial charge is 0.350 e. The van der Waals surface area contributed by atoms with E-state index < -0.39 is 5.91 Å². The highest BCUT2D eigenvalue weighted by Gasteiger charge is 2.13. The van der Waals surface area contributed by atoms with Crippen LogP contribution in [0.1, 0.15) is 12.8 Å². The average Bonchev–Trinajstić information content (AvgIpc) is 2.50. The average molecular weight is 342 g/mol. The lowest BCUT2D eigenvalue weighted by molar-refractivity contribution is -0.118. The first-order chi connectivity index (χ1) is 10.5. The molecule has 0 aliphatic carbocycles. The number of piperidine rings is 1. The molecule has 0 aromatic heterocycles. The minimum Gasteiger partial charge on any atom is -0.350 e. The Morgan fingerprint density at radius 3 is 2.45 bits per heavy atom. The molecule has 1 heterocycles. The van der Waals surface area contributed by atoms with E-state index in [1.165, 1.54) is 12.2 Å². The van der Waals surface area contributed by atoms with E-state index in [0.29, 0.717) is 15.7 Å². The lowest BCUT2D eigenvalue weighted by Crippen LogP contribution is -2.42. The summed E-state index contributed by atoms with van der Waals surface area (Å²) in [6, 6.07) is 4.93. The summed E-state index contributed by atoms with van der Waals surface area (Å²) < 4.78 is 0. The predicted molar refractivity (Wildman–Crippen MR) is 88.3 cm³/mol. The number of nitrogens with one attached hydrogen (secondary N) is 3. The zero-order valence-electron chi connectivity index (χ0n) is 11.9. The van der Waals surface area contributed by atoms with E-state index in [4.69, 9.17) is 23.2 Å². The van der Waals surface area contributed by atoms with Crippen LogP contribution in [-0.2, 0) is 9.59 Å². The summed E-state index contributed by atoms with van der Waals surface area (Å²) in [6.45, 7) is 1.79. The number of benzene rings is 1. The van der Waals surface area contributed by atoms with Crippen LogP contribution in [-0.4, -0.2) is 30.9 Å². The highest BCUT2D eigenvalue weighted by Crippen LogP contribution is 2.24. The van der Waals surface area contributed by atoms with Crippen LogP contribution < -0.4 is 16.0 Å². The monoisotopic (exact) mass is 341 g/mol. The van der Waals surface area contributed by atoms with Crippen molar-refractivity contribution < 1.29 is 9.59 Å². The SMILES string of the molecule is O=C(/C=C\C(=O)NC1CCNCC1)Nc1ccc(Cl)c(Cl)c1.